The third-order valence-electron chi connectivity index (χ3n) is 4.61. The van der Waals surface area contributed by atoms with Gasteiger partial charge < -0.3 is 19.2 Å². The molecule has 0 spiro atoms. The second-order valence-corrected chi connectivity index (χ2v) is 7.15. The van der Waals surface area contributed by atoms with E-state index in [0.29, 0.717) is 44.8 Å². The summed E-state index contributed by atoms with van der Waals surface area (Å²) >= 11 is 6.38. The summed E-state index contributed by atoms with van der Waals surface area (Å²) in [6.07, 6.45) is 0. The maximum atomic E-state index is 12.8. The topological polar surface area (TPSA) is 73.6 Å². The van der Waals surface area contributed by atoms with E-state index in [4.69, 9.17) is 25.5 Å². The van der Waals surface area contributed by atoms with Crippen LogP contribution in [0.15, 0.2) is 59.0 Å². The molecule has 0 aliphatic heterocycles. The van der Waals surface area contributed by atoms with Gasteiger partial charge >= 0.3 is 0 Å². The first kappa shape index (κ1) is 19.8. The normalized spacial score (nSPS) is 10.8. The summed E-state index contributed by atoms with van der Waals surface area (Å²) in [7, 11) is 3.06. The number of nitrogens with one attached hydrogen (secondary N) is 1. The fraction of sp³-hybridized carbons (Fsp3) is 0.130. The molecule has 0 aliphatic rings. The minimum atomic E-state index is -0.311. The summed E-state index contributed by atoms with van der Waals surface area (Å²) in [5.74, 6) is 1.13. The second-order valence-electron chi connectivity index (χ2n) is 6.74. The predicted molar refractivity (Wildman–Crippen MR) is 117 cm³/mol. The van der Waals surface area contributed by atoms with E-state index in [1.807, 2.05) is 25.1 Å². The number of aromatic nitrogens is 1. The van der Waals surface area contributed by atoms with Crippen molar-refractivity contribution in [1.29, 1.82) is 0 Å². The predicted octanol–water partition coefficient (Wildman–Crippen LogP) is 5.73. The Hall–Kier alpha value is -3.51. The van der Waals surface area contributed by atoms with Gasteiger partial charge in [0.05, 0.1) is 24.8 Å². The van der Waals surface area contributed by atoms with Crippen LogP contribution in [0.1, 0.15) is 15.9 Å². The molecule has 0 unspecified atom stereocenters. The molecule has 1 amide bonds. The lowest BCUT2D eigenvalue weighted by Gasteiger charge is -2.10. The van der Waals surface area contributed by atoms with Crippen LogP contribution in [0, 0.1) is 6.92 Å². The van der Waals surface area contributed by atoms with Crippen molar-refractivity contribution in [2.75, 3.05) is 19.5 Å². The first-order valence-electron chi connectivity index (χ1n) is 9.18. The smallest absolute Gasteiger partial charge is 0.255 e. The van der Waals surface area contributed by atoms with Gasteiger partial charge in [-0.05, 0) is 55.0 Å². The zero-order chi connectivity index (χ0) is 21.3. The lowest BCUT2D eigenvalue weighted by atomic mass is 10.1. The van der Waals surface area contributed by atoms with E-state index in [0.717, 1.165) is 11.1 Å². The molecule has 1 N–H and O–H groups in total. The molecule has 0 atom stereocenters. The minimum absolute atomic E-state index is 0.311. The summed E-state index contributed by atoms with van der Waals surface area (Å²) < 4.78 is 16.3. The number of hydrogen-bond acceptors (Lipinski definition) is 5. The van der Waals surface area contributed by atoms with Gasteiger partial charge in [0.25, 0.3) is 5.91 Å². The van der Waals surface area contributed by atoms with Gasteiger partial charge in [0.1, 0.15) is 17.0 Å². The Kier molecular flexibility index (Phi) is 5.33. The van der Waals surface area contributed by atoms with Crippen molar-refractivity contribution in [3.8, 4) is 23.0 Å². The number of fused-ring (bicyclic) bond motifs is 1. The van der Waals surface area contributed by atoms with Crippen molar-refractivity contribution in [2.24, 2.45) is 0 Å². The van der Waals surface area contributed by atoms with Gasteiger partial charge in [-0.2, -0.15) is 0 Å². The number of anilines is 1. The van der Waals surface area contributed by atoms with Crippen LogP contribution in [0.25, 0.3) is 22.6 Å². The summed E-state index contributed by atoms with van der Waals surface area (Å²) in [5, 5.41) is 3.33. The van der Waals surface area contributed by atoms with Crippen LogP contribution in [0.3, 0.4) is 0 Å². The lowest BCUT2D eigenvalue weighted by molar-refractivity contribution is 0.102. The Morgan fingerprint density at radius 3 is 2.43 bits per heavy atom. The highest BCUT2D eigenvalue weighted by Crippen LogP contribution is 2.33. The number of carbonyl (C=O) groups excluding carboxylic acids is 1. The van der Waals surface area contributed by atoms with E-state index in [-0.39, 0.29) is 5.91 Å². The first-order chi connectivity index (χ1) is 14.5. The Labute approximate surface area is 178 Å². The number of oxazole rings is 1. The molecule has 152 valence electrons. The monoisotopic (exact) mass is 422 g/mol. The number of rotatable bonds is 5. The average molecular weight is 423 g/mol. The molecule has 0 fully saturated rings. The molecule has 0 bridgehead atoms. The molecule has 7 heteroatoms. The molecule has 30 heavy (non-hydrogen) atoms. The van der Waals surface area contributed by atoms with Gasteiger partial charge in [0, 0.05) is 17.3 Å². The summed E-state index contributed by atoms with van der Waals surface area (Å²) in [6.45, 7) is 1.98. The average Bonchev–Trinajstić information content (AvgIpc) is 3.17. The maximum absolute atomic E-state index is 12.8. The number of benzene rings is 3. The number of hydrogen-bond donors (Lipinski definition) is 1. The fourth-order valence-electron chi connectivity index (χ4n) is 3.06. The van der Waals surface area contributed by atoms with Crippen LogP contribution >= 0.6 is 11.6 Å². The number of nitrogens with zero attached hydrogens (tertiary/aromatic N) is 1. The zero-order valence-electron chi connectivity index (χ0n) is 16.7. The highest BCUT2D eigenvalue weighted by atomic mass is 35.5. The van der Waals surface area contributed by atoms with Crippen molar-refractivity contribution in [2.45, 2.75) is 6.92 Å². The second kappa shape index (κ2) is 8.08. The molecule has 3 aromatic carbocycles. The molecule has 4 aromatic rings. The van der Waals surface area contributed by atoms with Crippen LogP contribution in [-0.2, 0) is 0 Å². The molecular weight excluding hydrogens is 404 g/mol. The number of amides is 1. The number of ether oxygens (including phenoxy) is 2. The highest BCUT2D eigenvalue weighted by molar-refractivity contribution is 6.33. The molecule has 1 heterocycles. The molecule has 1 aromatic heterocycles. The van der Waals surface area contributed by atoms with E-state index in [2.05, 4.69) is 10.3 Å². The first-order valence-corrected chi connectivity index (χ1v) is 9.56. The van der Waals surface area contributed by atoms with Crippen molar-refractivity contribution in [1.82, 2.24) is 4.98 Å². The summed E-state index contributed by atoms with van der Waals surface area (Å²) in [4.78, 5) is 17.3. The standard InChI is InChI=1S/C23H19ClN2O4/c1-13-4-7-20-21(8-13)30-23(26-20)18-11-15(5-6-19(18)24)25-22(27)14-9-16(28-2)12-17(10-14)29-3/h4-12H,1-3H3,(H,25,27). The SMILES string of the molecule is COc1cc(OC)cc(C(=O)Nc2ccc(Cl)c(-c3nc4ccc(C)cc4o3)c2)c1. The maximum Gasteiger partial charge on any atom is 0.255 e. The molecular formula is C23H19ClN2O4. The van der Waals surface area contributed by atoms with Crippen LogP contribution < -0.4 is 14.8 Å². The highest BCUT2D eigenvalue weighted by Gasteiger charge is 2.15. The Morgan fingerprint density at radius 2 is 1.73 bits per heavy atom. The molecule has 0 saturated heterocycles. The van der Waals surface area contributed by atoms with Gasteiger partial charge in [0.15, 0.2) is 5.58 Å². The molecule has 4 rings (SSSR count). The Morgan fingerprint density at radius 1 is 1.00 bits per heavy atom. The van der Waals surface area contributed by atoms with Crippen LogP contribution in [0.2, 0.25) is 5.02 Å². The minimum Gasteiger partial charge on any atom is -0.497 e. The van der Waals surface area contributed by atoms with Crippen molar-refractivity contribution in [3.63, 3.8) is 0 Å². The van der Waals surface area contributed by atoms with Crippen LogP contribution in [0.4, 0.5) is 5.69 Å². The van der Waals surface area contributed by atoms with E-state index in [1.54, 1.807) is 36.4 Å². The third-order valence-corrected chi connectivity index (χ3v) is 4.94. The number of methoxy groups -OCH3 is 2. The number of aryl methyl sites for hydroxylation is 1. The molecule has 6 nitrogen and oxygen atoms in total. The van der Waals surface area contributed by atoms with Crippen LogP contribution in [0.5, 0.6) is 11.5 Å². The van der Waals surface area contributed by atoms with Crippen molar-refractivity contribution >= 4 is 34.3 Å². The Balaban J connectivity index is 1.65. The third kappa shape index (κ3) is 3.95. The number of carbonyl (C=O) groups is 1. The molecule has 0 radical (unpaired) electrons. The van der Waals surface area contributed by atoms with Crippen molar-refractivity contribution < 1.29 is 18.7 Å². The quantitative estimate of drug-likeness (QED) is 0.444. The summed E-state index contributed by atoms with van der Waals surface area (Å²) in [5.41, 5.74) is 4.04. The van der Waals surface area contributed by atoms with E-state index in [1.165, 1.54) is 14.2 Å². The van der Waals surface area contributed by atoms with E-state index < -0.39 is 0 Å². The van der Waals surface area contributed by atoms with E-state index in [9.17, 15) is 4.79 Å². The van der Waals surface area contributed by atoms with Crippen LogP contribution in [-0.4, -0.2) is 25.1 Å². The van der Waals surface area contributed by atoms with Gasteiger partial charge in [-0.25, -0.2) is 4.98 Å². The van der Waals surface area contributed by atoms with Gasteiger partial charge in [-0.3, -0.25) is 4.79 Å². The van der Waals surface area contributed by atoms with Crippen molar-refractivity contribution in [3.05, 3.63) is 70.7 Å². The van der Waals surface area contributed by atoms with Gasteiger partial charge in [-0.15, -0.1) is 0 Å². The van der Waals surface area contributed by atoms with Gasteiger partial charge in [0.2, 0.25) is 5.89 Å². The largest absolute Gasteiger partial charge is 0.497 e. The lowest BCUT2D eigenvalue weighted by Crippen LogP contribution is -2.12. The molecule has 0 aliphatic carbocycles. The van der Waals surface area contributed by atoms with Gasteiger partial charge in [-0.1, -0.05) is 17.7 Å². The van der Waals surface area contributed by atoms with E-state index >= 15 is 0 Å². The zero-order valence-corrected chi connectivity index (χ0v) is 17.4. The fourth-order valence-corrected chi connectivity index (χ4v) is 3.25. The number of halogens is 1. The Bertz CT molecular complexity index is 1230. The molecule has 0 saturated carbocycles. The summed E-state index contributed by atoms with van der Waals surface area (Å²) in [6, 6.07) is 15.9.